The highest BCUT2D eigenvalue weighted by Crippen LogP contribution is 2.28. The molecule has 0 bridgehead atoms. The highest BCUT2D eigenvalue weighted by Gasteiger charge is 2.20. The maximum atomic E-state index is 13.0. The van der Waals surface area contributed by atoms with E-state index in [2.05, 4.69) is 29.3 Å². The van der Waals surface area contributed by atoms with Gasteiger partial charge >= 0.3 is 0 Å². The molecule has 3 aromatic rings. The van der Waals surface area contributed by atoms with Crippen LogP contribution in [0.4, 0.5) is 0 Å². The first-order chi connectivity index (χ1) is 13.0. The van der Waals surface area contributed by atoms with E-state index in [1.807, 2.05) is 41.9 Å². The van der Waals surface area contributed by atoms with Gasteiger partial charge in [-0.05, 0) is 32.4 Å². The number of hydrogen-bond donors (Lipinski definition) is 1. The van der Waals surface area contributed by atoms with E-state index in [4.69, 9.17) is 4.98 Å². The van der Waals surface area contributed by atoms with Crippen LogP contribution in [-0.2, 0) is 0 Å². The predicted molar refractivity (Wildman–Crippen MR) is 110 cm³/mol. The fraction of sp³-hybridized carbons (Fsp3) is 0.300. The lowest BCUT2D eigenvalue weighted by molar-refractivity contribution is 0.0979. The molecule has 0 saturated carbocycles. The van der Waals surface area contributed by atoms with Crippen molar-refractivity contribution in [1.29, 1.82) is 0 Å². The van der Waals surface area contributed by atoms with E-state index < -0.39 is 0 Å². The van der Waals surface area contributed by atoms with E-state index in [0.29, 0.717) is 10.7 Å². The molecular weight excluding hydrogens is 358 g/mol. The molecule has 0 saturated heterocycles. The van der Waals surface area contributed by atoms with Gasteiger partial charge in [-0.25, -0.2) is 9.67 Å². The van der Waals surface area contributed by atoms with Crippen molar-refractivity contribution in [3.05, 3.63) is 47.7 Å². The monoisotopic (exact) mass is 379 g/mol. The SMILES string of the molecule is Cc1ccccc1-c1cc(C(=O)NC2=NCCS2)c2cnn(C(C)C)c2n1. The molecule has 6 nitrogen and oxygen atoms in total. The number of nitrogens with one attached hydrogen (secondary N) is 1. The van der Waals surface area contributed by atoms with E-state index in [0.717, 1.165) is 40.2 Å². The molecule has 0 radical (unpaired) electrons. The molecule has 1 N–H and O–H groups in total. The van der Waals surface area contributed by atoms with Gasteiger partial charge in [0.05, 0.1) is 29.4 Å². The number of aromatic nitrogens is 3. The molecular formula is C20H21N5OS. The molecule has 2 aromatic heterocycles. The number of thioether (sulfide) groups is 1. The van der Waals surface area contributed by atoms with Crippen LogP contribution < -0.4 is 5.32 Å². The van der Waals surface area contributed by atoms with Gasteiger partial charge in [0.15, 0.2) is 10.8 Å². The number of aliphatic imine (C=N–C) groups is 1. The Kier molecular flexibility index (Phi) is 4.70. The normalized spacial score (nSPS) is 14.0. The lowest BCUT2D eigenvalue weighted by Gasteiger charge is -2.12. The van der Waals surface area contributed by atoms with Gasteiger partial charge in [0.1, 0.15) is 0 Å². The van der Waals surface area contributed by atoms with E-state index in [-0.39, 0.29) is 11.9 Å². The van der Waals surface area contributed by atoms with E-state index in [1.165, 1.54) is 0 Å². The van der Waals surface area contributed by atoms with E-state index in [9.17, 15) is 4.79 Å². The number of fused-ring (bicyclic) bond motifs is 1. The lowest BCUT2D eigenvalue weighted by atomic mass is 10.0. The number of carbonyl (C=O) groups is 1. The van der Waals surface area contributed by atoms with Gasteiger partial charge in [0.2, 0.25) is 0 Å². The van der Waals surface area contributed by atoms with Crippen molar-refractivity contribution >= 4 is 33.9 Å². The number of amides is 1. The zero-order valence-electron chi connectivity index (χ0n) is 15.6. The second-order valence-corrected chi connectivity index (χ2v) is 7.86. The van der Waals surface area contributed by atoms with Gasteiger partial charge in [-0.3, -0.25) is 9.79 Å². The summed E-state index contributed by atoms with van der Waals surface area (Å²) in [5, 5.41) is 8.83. The highest BCUT2D eigenvalue weighted by molar-refractivity contribution is 8.14. The summed E-state index contributed by atoms with van der Waals surface area (Å²) in [7, 11) is 0. The number of amidine groups is 1. The maximum absolute atomic E-state index is 13.0. The molecule has 1 aliphatic heterocycles. The smallest absolute Gasteiger partial charge is 0.258 e. The highest BCUT2D eigenvalue weighted by atomic mass is 32.2. The average molecular weight is 379 g/mol. The first-order valence-corrected chi connectivity index (χ1v) is 9.96. The van der Waals surface area contributed by atoms with Crippen LogP contribution in [0, 0.1) is 6.92 Å². The van der Waals surface area contributed by atoms with Crippen LogP contribution in [0.1, 0.15) is 35.8 Å². The number of nitrogens with zero attached hydrogens (tertiary/aromatic N) is 4. The Hall–Kier alpha value is -2.67. The number of pyridine rings is 1. The summed E-state index contributed by atoms with van der Waals surface area (Å²) in [6.45, 7) is 6.90. The van der Waals surface area contributed by atoms with Gasteiger partial charge in [-0.2, -0.15) is 5.10 Å². The second-order valence-electron chi connectivity index (χ2n) is 6.78. The zero-order valence-corrected chi connectivity index (χ0v) is 16.4. The molecule has 3 heterocycles. The Bertz CT molecular complexity index is 1050. The van der Waals surface area contributed by atoms with E-state index >= 15 is 0 Å². The molecule has 1 aliphatic rings. The van der Waals surface area contributed by atoms with Crippen LogP contribution in [-0.4, -0.2) is 38.1 Å². The summed E-state index contributed by atoms with van der Waals surface area (Å²) < 4.78 is 1.86. The van der Waals surface area contributed by atoms with Crippen LogP contribution in [0.15, 0.2) is 41.5 Å². The molecule has 7 heteroatoms. The Morgan fingerprint density at radius 3 is 2.81 bits per heavy atom. The largest absolute Gasteiger partial charge is 0.301 e. The Morgan fingerprint density at radius 1 is 1.30 bits per heavy atom. The van der Waals surface area contributed by atoms with Crippen molar-refractivity contribution in [2.75, 3.05) is 12.3 Å². The molecule has 4 rings (SSSR count). The average Bonchev–Trinajstić information content (AvgIpc) is 3.30. The molecule has 0 aliphatic carbocycles. The van der Waals surface area contributed by atoms with Gasteiger partial charge < -0.3 is 5.32 Å². The summed E-state index contributed by atoms with van der Waals surface area (Å²) in [5.41, 5.74) is 4.19. The number of carbonyl (C=O) groups excluding carboxylic acids is 1. The van der Waals surface area contributed by atoms with Gasteiger partial charge in [-0.1, -0.05) is 36.0 Å². The van der Waals surface area contributed by atoms with Gasteiger partial charge in [-0.15, -0.1) is 0 Å². The molecule has 0 fully saturated rings. The lowest BCUT2D eigenvalue weighted by Crippen LogP contribution is -2.27. The van der Waals surface area contributed by atoms with Crippen molar-refractivity contribution < 1.29 is 4.79 Å². The molecule has 1 aromatic carbocycles. The van der Waals surface area contributed by atoms with Crippen LogP contribution in [0.2, 0.25) is 0 Å². The van der Waals surface area contributed by atoms with Crippen molar-refractivity contribution in [3.8, 4) is 11.3 Å². The molecule has 0 unspecified atom stereocenters. The fourth-order valence-corrected chi connectivity index (χ4v) is 3.88. The number of hydrogen-bond acceptors (Lipinski definition) is 5. The summed E-state index contributed by atoms with van der Waals surface area (Å²) in [6, 6.07) is 10.1. The van der Waals surface area contributed by atoms with Crippen LogP contribution >= 0.6 is 11.8 Å². The quantitative estimate of drug-likeness (QED) is 0.751. The Morgan fingerprint density at radius 2 is 2.11 bits per heavy atom. The summed E-state index contributed by atoms with van der Waals surface area (Å²) >= 11 is 1.57. The topological polar surface area (TPSA) is 72.2 Å². The van der Waals surface area contributed by atoms with Gasteiger partial charge in [0.25, 0.3) is 5.91 Å². The van der Waals surface area contributed by atoms with Crippen molar-refractivity contribution in [2.45, 2.75) is 26.8 Å². The third-order valence-electron chi connectivity index (χ3n) is 4.53. The first kappa shape index (κ1) is 17.7. The van der Waals surface area contributed by atoms with E-state index in [1.54, 1.807) is 18.0 Å². The number of benzene rings is 1. The maximum Gasteiger partial charge on any atom is 0.258 e. The Labute approximate surface area is 162 Å². The molecule has 138 valence electrons. The Balaban J connectivity index is 1.88. The first-order valence-electron chi connectivity index (χ1n) is 8.97. The molecule has 0 atom stereocenters. The van der Waals surface area contributed by atoms with Crippen LogP contribution in [0.5, 0.6) is 0 Å². The third kappa shape index (κ3) is 3.35. The minimum Gasteiger partial charge on any atom is -0.301 e. The molecule has 27 heavy (non-hydrogen) atoms. The van der Waals surface area contributed by atoms with Gasteiger partial charge in [0, 0.05) is 17.4 Å². The third-order valence-corrected chi connectivity index (χ3v) is 5.42. The molecule has 1 amide bonds. The standard InChI is InChI=1S/C20H21N5OS/c1-12(2)25-18-16(11-22-25)15(19(26)24-20-21-8-9-27-20)10-17(23-18)14-7-5-4-6-13(14)3/h4-7,10-12H,8-9H2,1-3H3,(H,21,24,26). The summed E-state index contributed by atoms with van der Waals surface area (Å²) in [5.74, 6) is 0.731. The van der Waals surface area contributed by atoms with Crippen LogP contribution in [0.3, 0.4) is 0 Å². The van der Waals surface area contributed by atoms with Crippen molar-refractivity contribution in [2.24, 2.45) is 4.99 Å². The summed E-state index contributed by atoms with van der Waals surface area (Å²) in [6.07, 6.45) is 1.72. The zero-order chi connectivity index (χ0) is 19.0. The van der Waals surface area contributed by atoms with Crippen molar-refractivity contribution in [1.82, 2.24) is 20.1 Å². The van der Waals surface area contributed by atoms with Crippen LogP contribution in [0.25, 0.3) is 22.3 Å². The number of aryl methyl sites for hydroxylation is 1. The number of rotatable bonds is 3. The minimum atomic E-state index is -0.173. The summed E-state index contributed by atoms with van der Waals surface area (Å²) in [4.78, 5) is 22.2. The second kappa shape index (κ2) is 7.15. The fourth-order valence-electron chi connectivity index (χ4n) is 3.16. The minimum absolute atomic E-state index is 0.146. The molecule has 0 spiro atoms. The van der Waals surface area contributed by atoms with Crippen molar-refractivity contribution in [3.63, 3.8) is 0 Å². The predicted octanol–water partition coefficient (Wildman–Crippen LogP) is 3.82.